The maximum atomic E-state index is 13.2. The third-order valence-electron chi connectivity index (χ3n) is 5.80. The molecule has 1 aromatic heterocycles. The number of likely N-dealkylation sites (tertiary alicyclic amines) is 1. The summed E-state index contributed by atoms with van der Waals surface area (Å²) >= 11 is 0. The van der Waals surface area contributed by atoms with Crippen molar-refractivity contribution < 1.29 is 24.2 Å². The van der Waals surface area contributed by atoms with Gasteiger partial charge in [-0.05, 0) is 66.9 Å². The van der Waals surface area contributed by atoms with Crippen LogP contribution in [0, 0.1) is 6.92 Å². The highest BCUT2D eigenvalue weighted by Crippen LogP contribution is 2.41. The molecule has 174 valence electrons. The number of Topliss-reactive ketones (excluding diaryl/α,β-unsaturated/α-hetero) is 1. The van der Waals surface area contributed by atoms with Gasteiger partial charge in [-0.25, -0.2) is 0 Å². The van der Waals surface area contributed by atoms with Crippen LogP contribution in [0.25, 0.3) is 5.76 Å². The molecule has 1 atom stereocenters. The van der Waals surface area contributed by atoms with Gasteiger partial charge in [-0.1, -0.05) is 18.2 Å². The second-order valence-electron chi connectivity index (χ2n) is 7.97. The Labute approximate surface area is 198 Å². The van der Waals surface area contributed by atoms with Crippen LogP contribution in [0.15, 0.2) is 72.6 Å². The van der Waals surface area contributed by atoms with Crippen LogP contribution in [0.2, 0.25) is 0 Å². The lowest BCUT2D eigenvalue weighted by atomic mass is 9.94. The highest BCUT2D eigenvalue weighted by Gasteiger charge is 2.46. The first-order valence-electron chi connectivity index (χ1n) is 11.0. The molecular weight excluding hydrogens is 432 g/mol. The third kappa shape index (κ3) is 4.37. The standard InChI is InChI=1S/C27H26N2O5/c1-4-34-22-12-9-20(14-17(22)2)25(30)23-24(19-7-10-21(33-3)11-8-19)29(27(32)26(23)31)16-18-6-5-13-28-15-18/h5-15,24,30H,4,16H2,1-3H3. The lowest BCUT2D eigenvalue weighted by molar-refractivity contribution is -0.140. The lowest BCUT2D eigenvalue weighted by Crippen LogP contribution is -2.29. The van der Waals surface area contributed by atoms with Gasteiger partial charge in [0.15, 0.2) is 0 Å². The Morgan fingerprint density at radius 2 is 1.88 bits per heavy atom. The molecule has 2 heterocycles. The minimum atomic E-state index is -0.766. The van der Waals surface area contributed by atoms with Gasteiger partial charge in [-0.3, -0.25) is 14.6 Å². The highest BCUT2D eigenvalue weighted by atomic mass is 16.5. The number of hydrogen-bond acceptors (Lipinski definition) is 6. The molecule has 1 unspecified atom stereocenters. The van der Waals surface area contributed by atoms with Crippen LogP contribution in [0.3, 0.4) is 0 Å². The van der Waals surface area contributed by atoms with Gasteiger partial charge in [0.25, 0.3) is 11.7 Å². The predicted octanol–water partition coefficient (Wildman–Crippen LogP) is 4.42. The van der Waals surface area contributed by atoms with Crippen molar-refractivity contribution in [3.05, 3.63) is 94.8 Å². The number of pyridine rings is 1. The number of nitrogens with zero attached hydrogens (tertiary/aromatic N) is 2. The molecule has 34 heavy (non-hydrogen) atoms. The smallest absolute Gasteiger partial charge is 0.295 e. The van der Waals surface area contributed by atoms with Gasteiger partial charge < -0.3 is 19.5 Å². The van der Waals surface area contributed by atoms with E-state index in [9.17, 15) is 14.7 Å². The first-order valence-corrected chi connectivity index (χ1v) is 11.0. The van der Waals surface area contributed by atoms with Crippen molar-refractivity contribution in [2.24, 2.45) is 0 Å². The summed E-state index contributed by atoms with van der Waals surface area (Å²) in [6, 6.07) is 15.2. The number of aliphatic hydroxyl groups is 1. The highest BCUT2D eigenvalue weighted by molar-refractivity contribution is 6.46. The molecule has 1 saturated heterocycles. The average Bonchev–Trinajstić information content (AvgIpc) is 3.10. The largest absolute Gasteiger partial charge is 0.507 e. The van der Waals surface area contributed by atoms with Crippen LogP contribution < -0.4 is 9.47 Å². The number of benzene rings is 2. The van der Waals surface area contributed by atoms with Crippen molar-refractivity contribution in [3.8, 4) is 11.5 Å². The summed E-state index contributed by atoms with van der Waals surface area (Å²) in [6.45, 7) is 4.45. The molecule has 7 heteroatoms. The van der Waals surface area contributed by atoms with E-state index in [-0.39, 0.29) is 17.9 Å². The van der Waals surface area contributed by atoms with E-state index in [2.05, 4.69) is 4.98 Å². The molecule has 3 aromatic rings. The van der Waals surface area contributed by atoms with E-state index in [1.54, 1.807) is 68.0 Å². The first kappa shape index (κ1) is 23.0. The van der Waals surface area contributed by atoms with Crippen molar-refractivity contribution in [1.82, 2.24) is 9.88 Å². The number of aliphatic hydroxyl groups excluding tert-OH is 1. The van der Waals surface area contributed by atoms with E-state index in [0.29, 0.717) is 29.2 Å². The second-order valence-corrected chi connectivity index (χ2v) is 7.97. The number of carbonyl (C=O) groups is 2. The average molecular weight is 459 g/mol. The van der Waals surface area contributed by atoms with Gasteiger partial charge >= 0.3 is 0 Å². The molecule has 0 aliphatic carbocycles. The van der Waals surface area contributed by atoms with Crippen LogP contribution >= 0.6 is 0 Å². The van der Waals surface area contributed by atoms with Crippen molar-refractivity contribution >= 4 is 17.4 Å². The number of amides is 1. The number of carbonyl (C=O) groups excluding carboxylic acids is 2. The summed E-state index contributed by atoms with van der Waals surface area (Å²) in [4.78, 5) is 31.9. The van der Waals surface area contributed by atoms with Crippen LogP contribution in [-0.4, -0.2) is 40.4 Å². The number of aryl methyl sites for hydroxylation is 1. The summed E-state index contributed by atoms with van der Waals surface area (Å²) in [7, 11) is 1.57. The Morgan fingerprint density at radius 1 is 1.12 bits per heavy atom. The maximum Gasteiger partial charge on any atom is 0.295 e. The monoisotopic (exact) mass is 458 g/mol. The van der Waals surface area contributed by atoms with Crippen molar-refractivity contribution in [2.75, 3.05) is 13.7 Å². The molecule has 1 aliphatic rings. The Morgan fingerprint density at radius 3 is 2.50 bits per heavy atom. The number of rotatable bonds is 7. The second kappa shape index (κ2) is 9.79. The Kier molecular flexibility index (Phi) is 6.63. The molecule has 2 aromatic carbocycles. The van der Waals surface area contributed by atoms with E-state index in [4.69, 9.17) is 9.47 Å². The van der Waals surface area contributed by atoms with E-state index in [1.807, 2.05) is 19.9 Å². The number of methoxy groups -OCH3 is 1. The molecule has 0 radical (unpaired) electrons. The topological polar surface area (TPSA) is 89.0 Å². The molecular formula is C27H26N2O5. The van der Waals surface area contributed by atoms with Crippen molar-refractivity contribution in [2.45, 2.75) is 26.4 Å². The molecule has 0 bridgehead atoms. The van der Waals surface area contributed by atoms with Crippen LogP contribution in [0.1, 0.15) is 35.2 Å². The maximum absolute atomic E-state index is 13.2. The molecule has 0 spiro atoms. The summed E-state index contributed by atoms with van der Waals surface area (Å²) in [5.74, 6) is -0.278. The summed E-state index contributed by atoms with van der Waals surface area (Å²) in [5, 5.41) is 11.3. The zero-order valence-corrected chi connectivity index (χ0v) is 19.3. The fourth-order valence-electron chi connectivity index (χ4n) is 4.13. The number of hydrogen-bond donors (Lipinski definition) is 1. The first-order chi connectivity index (χ1) is 16.4. The van der Waals surface area contributed by atoms with Crippen molar-refractivity contribution in [1.29, 1.82) is 0 Å². The number of aromatic nitrogens is 1. The van der Waals surface area contributed by atoms with Gasteiger partial charge in [0.2, 0.25) is 0 Å². The molecule has 4 rings (SSSR count). The quantitative estimate of drug-likeness (QED) is 0.320. The fourth-order valence-corrected chi connectivity index (χ4v) is 4.13. The van der Waals surface area contributed by atoms with Gasteiger partial charge in [-0.2, -0.15) is 0 Å². The zero-order chi connectivity index (χ0) is 24.2. The Bertz CT molecular complexity index is 1240. The van der Waals surface area contributed by atoms with Crippen LogP contribution in [0.4, 0.5) is 0 Å². The van der Waals surface area contributed by atoms with Crippen molar-refractivity contribution in [3.63, 3.8) is 0 Å². The number of ketones is 1. The minimum absolute atomic E-state index is 0.0441. The lowest BCUT2D eigenvalue weighted by Gasteiger charge is -2.25. The van der Waals surface area contributed by atoms with Crippen LogP contribution in [-0.2, 0) is 16.1 Å². The Balaban J connectivity index is 1.83. The van der Waals surface area contributed by atoms with Crippen LogP contribution in [0.5, 0.6) is 11.5 Å². The fraction of sp³-hybridized carbons (Fsp3) is 0.222. The predicted molar refractivity (Wildman–Crippen MR) is 127 cm³/mol. The van der Waals surface area contributed by atoms with E-state index >= 15 is 0 Å². The van der Waals surface area contributed by atoms with E-state index < -0.39 is 17.7 Å². The van der Waals surface area contributed by atoms with E-state index in [1.165, 1.54) is 4.90 Å². The summed E-state index contributed by atoms with van der Waals surface area (Å²) < 4.78 is 10.8. The minimum Gasteiger partial charge on any atom is -0.507 e. The molecule has 1 amide bonds. The normalized spacial score (nSPS) is 17.1. The SMILES string of the molecule is CCOc1ccc(C(O)=C2C(=O)C(=O)N(Cc3cccnc3)C2c2ccc(OC)cc2)cc1C. The number of ether oxygens (including phenoxy) is 2. The van der Waals surface area contributed by atoms with Gasteiger partial charge in [-0.15, -0.1) is 0 Å². The molecule has 0 saturated carbocycles. The third-order valence-corrected chi connectivity index (χ3v) is 5.80. The molecule has 7 nitrogen and oxygen atoms in total. The van der Waals surface area contributed by atoms with Gasteiger partial charge in [0.1, 0.15) is 17.3 Å². The van der Waals surface area contributed by atoms with Gasteiger partial charge in [0, 0.05) is 24.5 Å². The molecule has 1 fully saturated rings. The molecule has 1 N–H and O–H groups in total. The van der Waals surface area contributed by atoms with E-state index in [0.717, 1.165) is 11.1 Å². The summed E-state index contributed by atoms with van der Waals surface area (Å²) in [6.07, 6.45) is 3.30. The zero-order valence-electron chi connectivity index (χ0n) is 19.3. The Hall–Kier alpha value is -4.13. The van der Waals surface area contributed by atoms with Gasteiger partial charge in [0.05, 0.1) is 25.3 Å². The summed E-state index contributed by atoms with van der Waals surface area (Å²) in [5.41, 5.74) is 2.77. The molecule has 1 aliphatic heterocycles.